The first kappa shape index (κ1) is 21.4. The maximum atomic E-state index is 13.9. The normalized spacial score (nSPS) is 24.3. The summed E-state index contributed by atoms with van der Waals surface area (Å²) >= 11 is 1.48. The molecule has 7 heteroatoms. The lowest BCUT2D eigenvalue weighted by atomic mass is 9.77. The van der Waals surface area contributed by atoms with Crippen LogP contribution in [0.25, 0.3) is 10.2 Å². The average molecular weight is 475 g/mol. The smallest absolute Gasteiger partial charge is 0.296 e. The predicted octanol–water partition coefficient (Wildman–Crippen LogP) is 5.42. The SMILES string of the molecule is COc1cccc(C2C3=C(OC4CCCCC4C3=O)C(=O)N2c2nc3c(C)cc(C)cc3s2)c1. The number of carbonyl (C=O) groups excluding carboxylic acids is 2. The van der Waals surface area contributed by atoms with Gasteiger partial charge < -0.3 is 9.47 Å². The summed E-state index contributed by atoms with van der Waals surface area (Å²) < 4.78 is 12.8. The number of aromatic nitrogens is 1. The number of amides is 1. The third kappa shape index (κ3) is 3.17. The second-order valence-electron chi connectivity index (χ2n) is 9.43. The van der Waals surface area contributed by atoms with Gasteiger partial charge in [0.1, 0.15) is 11.9 Å². The van der Waals surface area contributed by atoms with Crippen molar-refractivity contribution in [1.82, 2.24) is 4.98 Å². The second-order valence-corrected chi connectivity index (χ2v) is 10.4. The minimum absolute atomic E-state index is 0.0442. The highest BCUT2D eigenvalue weighted by Crippen LogP contribution is 2.49. The molecule has 1 aromatic heterocycles. The summed E-state index contributed by atoms with van der Waals surface area (Å²) in [5.74, 6) is 0.451. The van der Waals surface area contributed by atoms with E-state index >= 15 is 0 Å². The molecule has 6 rings (SSSR count). The van der Waals surface area contributed by atoms with Crippen LogP contribution in [0.4, 0.5) is 5.13 Å². The molecule has 2 aromatic carbocycles. The van der Waals surface area contributed by atoms with Gasteiger partial charge in [-0.25, -0.2) is 4.98 Å². The molecular weight excluding hydrogens is 448 g/mol. The molecule has 1 fully saturated rings. The zero-order valence-electron chi connectivity index (χ0n) is 19.5. The molecule has 1 aliphatic carbocycles. The third-order valence-electron chi connectivity index (χ3n) is 7.20. The Labute approximate surface area is 202 Å². The van der Waals surface area contributed by atoms with Crippen LogP contribution in [0.3, 0.4) is 0 Å². The van der Waals surface area contributed by atoms with Gasteiger partial charge in [0.15, 0.2) is 16.7 Å². The molecule has 3 unspecified atom stereocenters. The van der Waals surface area contributed by atoms with Crippen molar-refractivity contribution >= 4 is 38.4 Å². The largest absolute Gasteiger partial charge is 0.497 e. The van der Waals surface area contributed by atoms with Crippen LogP contribution < -0.4 is 9.64 Å². The van der Waals surface area contributed by atoms with E-state index in [-0.39, 0.29) is 29.5 Å². The quantitative estimate of drug-likeness (QED) is 0.507. The number of hydrogen-bond acceptors (Lipinski definition) is 6. The molecule has 0 radical (unpaired) electrons. The number of hydrogen-bond donors (Lipinski definition) is 0. The summed E-state index contributed by atoms with van der Waals surface area (Å²) in [6, 6.07) is 11.2. The van der Waals surface area contributed by atoms with E-state index in [1.165, 1.54) is 11.3 Å². The van der Waals surface area contributed by atoms with Crippen molar-refractivity contribution in [2.24, 2.45) is 5.92 Å². The van der Waals surface area contributed by atoms with Gasteiger partial charge in [0.05, 0.1) is 34.9 Å². The number of aryl methyl sites for hydroxylation is 2. The lowest BCUT2D eigenvalue weighted by Gasteiger charge is -2.35. The number of rotatable bonds is 3. The van der Waals surface area contributed by atoms with Crippen molar-refractivity contribution < 1.29 is 19.1 Å². The zero-order chi connectivity index (χ0) is 23.6. The summed E-state index contributed by atoms with van der Waals surface area (Å²) in [5, 5.41) is 0.579. The van der Waals surface area contributed by atoms with E-state index < -0.39 is 6.04 Å². The van der Waals surface area contributed by atoms with Gasteiger partial charge in [-0.2, -0.15) is 0 Å². The fraction of sp³-hybridized carbons (Fsp3) is 0.370. The van der Waals surface area contributed by atoms with Crippen LogP contribution in [0.15, 0.2) is 47.7 Å². The number of benzene rings is 2. The van der Waals surface area contributed by atoms with E-state index in [1.807, 2.05) is 31.2 Å². The van der Waals surface area contributed by atoms with Crippen LogP contribution in [0.5, 0.6) is 5.75 Å². The summed E-state index contributed by atoms with van der Waals surface area (Å²) in [5.41, 5.74) is 4.38. The molecule has 0 spiro atoms. The fourth-order valence-electron chi connectivity index (χ4n) is 5.63. The van der Waals surface area contributed by atoms with E-state index in [9.17, 15) is 9.59 Å². The number of anilines is 1. The first-order valence-corrected chi connectivity index (χ1v) is 12.6. The van der Waals surface area contributed by atoms with Gasteiger partial charge in [0.25, 0.3) is 5.91 Å². The minimum Gasteiger partial charge on any atom is -0.497 e. The van der Waals surface area contributed by atoms with Crippen LogP contribution in [0, 0.1) is 19.8 Å². The van der Waals surface area contributed by atoms with Crippen LogP contribution in [0.1, 0.15) is 48.4 Å². The van der Waals surface area contributed by atoms with Crippen molar-refractivity contribution in [3.05, 3.63) is 64.4 Å². The summed E-state index contributed by atoms with van der Waals surface area (Å²) in [6.07, 6.45) is 3.43. The van der Waals surface area contributed by atoms with Crippen molar-refractivity contribution in [3.63, 3.8) is 0 Å². The Kier molecular flexibility index (Phi) is 4.99. The lowest BCUT2D eigenvalue weighted by molar-refractivity contribution is -0.131. The highest BCUT2D eigenvalue weighted by molar-refractivity contribution is 7.22. The number of nitrogens with zero attached hydrogens (tertiary/aromatic N) is 2. The molecule has 3 aromatic rings. The lowest BCUT2D eigenvalue weighted by Crippen LogP contribution is -2.39. The Morgan fingerprint density at radius 1 is 1.12 bits per heavy atom. The number of methoxy groups -OCH3 is 1. The third-order valence-corrected chi connectivity index (χ3v) is 8.20. The van der Waals surface area contributed by atoms with Gasteiger partial charge in [0.2, 0.25) is 0 Å². The van der Waals surface area contributed by atoms with Crippen LogP contribution in [-0.4, -0.2) is 29.9 Å². The Balaban J connectivity index is 1.53. The van der Waals surface area contributed by atoms with Crippen molar-refractivity contribution in [2.75, 3.05) is 12.0 Å². The highest BCUT2D eigenvalue weighted by atomic mass is 32.1. The van der Waals surface area contributed by atoms with Gasteiger partial charge in [-0.1, -0.05) is 36.0 Å². The molecule has 2 aliphatic heterocycles. The first-order chi connectivity index (χ1) is 16.5. The summed E-state index contributed by atoms with van der Waals surface area (Å²) in [7, 11) is 1.61. The first-order valence-electron chi connectivity index (χ1n) is 11.8. The average Bonchev–Trinajstić information content (AvgIpc) is 3.38. The Bertz CT molecular complexity index is 1370. The van der Waals surface area contributed by atoms with Crippen LogP contribution in [0.2, 0.25) is 0 Å². The van der Waals surface area contributed by atoms with Gasteiger partial charge in [-0.05, 0) is 68.0 Å². The minimum atomic E-state index is -0.588. The molecule has 3 aliphatic rings. The maximum Gasteiger partial charge on any atom is 0.296 e. The Hall–Kier alpha value is -3.19. The Morgan fingerprint density at radius 2 is 1.94 bits per heavy atom. The number of thiazole rings is 1. The van der Waals surface area contributed by atoms with E-state index in [0.717, 1.165) is 52.6 Å². The molecule has 0 N–H and O–H groups in total. The topological polar surface area (TPSA) is 68.7 Å². The molecular formula is C27H26N2O4S. The molecule has 0 saturated heterocycles. The maximum absolute atomic E-state index is 13.9. The van der Waals surface area contributed by atoms with Crippen molar-refractivity contribution in [2.45, 2.75) is 51.7 Å². The van der Waals surface area contributed by atoms with E-state index in [4.69, 9.17) is 14.5 Å². The zero-order valence-corrected chi connectivity index (χ0v) is 20.3. The van der Waals surface area contributed by atoms with Crippen LogP contribution in [-0.2, 0) is 14.3 Å². The molecule has 174 valence electrons. The number of carbonyl (C=O) groups is 2. The molecule has 1 saturated carbocycles. The number of Topliss-reactive ketones (excluding diaryl/α,β-unsaturated/α-hetero) is 1. The van der Waals surface area contributed by atoms with Gasteiger partial charge in [0, 0.05) is 0 Å². The second kappa shape index (κ2) is 7.94. The highest BCUT2D eigenvalue weighted by Gasteiger charge is 2.53. The fourth-order valence-corrected chi connectivity index (χ4v) is 6.80. The monoisotopic (exact) mass is 474 g/mol. The van der Waals surface area contributed by atoms with Crippen molar-refractivity contribution in [1.29, 1.82) is 0 Å². The molecule has 34 heavy (non-hydrogen) atoms. The van der Waals surface area contributed by atoms with E-state index in [1.54, 1.807) is 12.0 Å². The summed E-state index contributed by atoms with van der Waals surface area (Å²) in [6.45, 7) is 4.09. The molecule has 3 heterocycles. The molecule has 1 amide bonds. The summed E-state index contributed by atoms with van der Waals surface area (Å²) in [4.78, 5) is 34.2. The number of ketones is 1. The molecule has 0 bridgehead atoms. The molecule has 3 atom stereocenters. The standard InChI is InChI=1S/C27H26N2O4S/c1-14-11-15(2)22-20(12-14)34-27(28-22)29-23(16-7-6-8-17(13-16)32-3)21-24(30)18-9-4-5-10-19(18)33-25(21)26(29)31/h6-8,11-13,18-19,23H,4-5,9-10H2,1-3H3. The van der Waals surface area contributed by atoms with E-state index in [0.29, 0.717) is 16.5 Å². The van der Waals surface area contributed by atoms with Gasteiger partial charge in [-0.15, -0.1) is 0 Å². The van der Waals surface area contributed by atoms with E-state index in [2.05, 4.69) is 19.1 Å². The molecule has 6 nitrogen and oxygen atoms in total. The van der Waals surface area contributed by atoms with Crippen LogP contribution >= 0.6 is 11.3 Å². The Morgan fingerprint density at radius 3 is 2.76 bits per heavy atom. The van der Waals surface area contributed by atoms with Gasteiger partial charge in [-0.3, -0.25) is 14.5 Å². The number of ether oxygens (including phenoxy) is 2. The number of fused-ring (bicyclic) bond motifs is 2. The van der Waals surface area contributed by atoms with Crippen molar-refractivity contribution in [3.8, 4) is 5.75 Å². The predicted molar refractivity (Wildman–Crippen MR) is 131 cm³/mol. The van der Waals surface area contributed by atoms with Gasteiger partial charge >= 0.3 is 0 Å².